The summed E-state index contributed by atoms with van der Waals surface area (Å²) < 4.78 is 6.42. The molecule has 174 valence electrons. The maximum Gasteiger partial charge on any atom is 0.408 e. The molecule has 6 nitrogen and oxygen atoms in total. The smallest absolute Gasteiger partial charge is 0.408 e. The van der Waals surface area contributed by atoms with E-state index >= 15 is 0 Å². The Kier molecular flexibility index (Phi) is 7.23. The van der Waals surface area contributed by atoms with Gasteiger partial charge in [-0.1, -0.05) is 50.2 Å². The maximum absolute atomic E-state index is 12.9. The number of ether oxygens (including phenoxy) is 1. The number of aromatic nitrogens is 1. The zero-order valence-corrected chi connectivity index (χ0v) is 20.2. The van der Waals surface area contributed by atoms with Crippen LogP contribution in [-0.4, -0.2) is 23.0 Å². The van der Waals surface area contributed by atoms with Crippen molar-refractivity contribution in [3.63, 3.8) is 0 Å². The fourth-order valence-corrected chi connectivity index (χ4v) is 4.57. The third-order valence-corrected chi connectivity index (χ3v) is 6.45. The molecule has 1 aromatic heterocycles. The van der Waals surface area contributed by atoms with Gasteiger partial charge in [0.05, 0.1) is 10.2 Å². The Hall–Kier alpha value is -3.71. The third kappa shape index (κ3) is 5.80. The number of hydrogen-bond acceptors (Lipinski definition) is 5. The van der Waals surface area contributed by atoms with Gasteiger partial charge in [0.15, 0.2) is 0 Å². The van der Waals surface area contributed by atoms with Crippen LogP contribution < -0.4 is 10.6 Å². The number of carbonyl (C=O) groups excluding carboxylic acids is 2. The van der Waals surface area contributed by atoms with Crippen molar-refractivity contribution in [2.45, 2.75) is 33.4 Å². The minimum absolute atomic E-state index is 0.116. The van der Waals surface area contributed by atoms with Crippen molar-refractivity contribution in [3.05, 3.63) is 83.9 Å². The van der Waals surface area contributed by atoms with Gasteiger partial charge >= 0.3 is 6.09 Å². The summed E-state index contributed by atoms with van der Waals surface area (Å²) in [6.45, 7) is 5.96. The van der Waals surface area contributed by atoms with Crippen molar-refractivity contribution < 1.29 is 14.3 Å². The average Bonchev–Trinajstić information content (AvgIpc) is 3.25. The van der Waals surface area contributed by atoms with E-state index in [9.17, 15) is 9.59 Å². The van der Waals surface area contributed by atoms with Crippen molar-refractivity contribution in [2.24, 2.45) is 5.92 Å². The number of alkyl carbamates (subject to hydrolysis) is 1. The molecule has 2 amide bonds. The van der Waals surface area contributed by atoms with Crippen molar-refractivity contribution in [1.82, 2.24) is 10.3 Å². The first-order chi connectivity index (χ1) is 16.4. The van der Waals surface area contributed by atoms with E-state index in [2.05, 4.69) is 29.7 Å². The highest BCUT2D eigenvalue weighted by Crippen LogP contribution is 2.31. The largest absolute Gasteiger partial charge is 0.445 e. The van der Waals surface area contributed by atoms with Crippen molar-refractivity contribution in [2.75, 3.05) is 5.32 Å². The normalized spacial score (nSPS) is 11.9. The number of nitrogens with one attached hydrogen (secondary N) is 2. The summed E-state index contributed by atoms with van der Waals surface area (Å²) in [4.78, 5) is 29.8. The summed E-state index contributed by atoms with van der Waals surface area (Å²) in [7, 11) is 0. The van der Waals surface area contributed by atoms with E-state index in [1.807, 2.05) is 74.5 Å². The van der Waals surface area contributed by atoms with Gasteiger partial charge < -0.3 is 15.4 Å². The molecule has 0 saturated heterocycles. The van der Waals surface area contributed by atoms with Crippen LogP contribution >= 0.6 is 11.3 Å². The molecule has 0 unspecified atom stereocenters. The monoisotopic (exact) mass is 473 g/mol. The fraction of sp³-hybridized carbons (Fsp3) is 0.222. The van der Waals surface area contributed by atoms with E-state index in [0.29, 0.717) is 5.69 Å². The summed E-state index contributed by atoms with van der Waals surface area (Å²) in [5.41, 5.74) is 4.70. The highest BCUT2D eigenvalue weighted by atomic mass is 32.1. The number of thiazole rings is 1. The Bertz CT molecular complexity index is 1280. The lowest BCUT2D eigenvalue weighted by atomic mass is 10.0. The van der Waals surface area contributed by atoms with E-state index in [1.165, 1.54) is 5.56 Å². The molecule has 0 fully saturated rings. The van der Waals surface area contributed by atoms with Gasteiger partial charge in [0, 0.05) is 11.3 Å². The molecule has 0 spiro atoms. The average molecular weight is 474 g/mol. The molecule has 0 saturated carbocycles. The lowest BCUT2D eigenvalue weighted by molar-refractivity contribution is -0.119. The topological polar surface area (TPSA) is 80.3 Å². The Morgan fingerprint density at radius 1 is 1.00 bits per heavy atom. The number of aryl methyl sites for hydroxylation is 1. The fourth-order valence-electron chi connectivity index (χ4n) is 3.50. The number of nitrogens with zero attached hydrogens (tertiary/aromatic N) is 1. The predicted molar refractivity (Wildman–Crippen MR) is 137 cm³/mol. The van der Waals surface area contributed by atoms with Crippen LogP contribution in [0.5, 0.6) is 0 Å². The molecule has 2 N–H and O–H groups in total. The van der Waals surface area contributed by atoms with Gasteiger partial charge in [-0.2, -0.15) is 0 Å². The van der Waals surface area contributed by atoms with Crippen LogP contribution in [0.2, 0.25) is 0 Å². The van der Waals surface area contributed by atoms with Crippen LogP contribution in [-0.2, 0) is 16.1 Å². The van der Waals surface area contributed by atoms with Crippen LogP contribution in [0.15, 0.2) is 72.8 Å². The van der Waals surface area contributed by atoms with E-state index in [1.54, 1.807) is 11.3 Å². The highest BCUT2D eigenvalue weighted by molar-refractivity contribution is 7.21. The SMILES string of the molecule is Cc1ccc2nc(-c3ccc(NC(=O)[C@H](NC(=O)OCc4ccccc4)C(C)C)cc3)sc2c1. The molecule has 0 bridgehead atoms. The zero-order valence-electron chi connectivity index (χ0n) is 19.4. The van der Waals surface area contributed by atoms with Gasteiger partial charge in [0.2, 0.25) is 5.91 Å². The molecule has 34 heavy (non-hydrogen) atoms. The van der Waals surface area contributed by atoms with Crippen molar-refractivity contribution >= 4 is 39.2 Å². The molecule has 1 heterocycles. The lowest BCUT2D eigenvalue weighted by Gasteiger charge is -2.21. The first-order valence-electron chi connectivity index (χ1n) is 11.1. The summed E-state index contributed by atoms with van der Waals surface area (Å²) in [6.07, 6.45) is -0.626. The molecule has 0 aliphatic carbocycles. The second kappa shape index (κ2) is 10.5. The maximum atomic E-state index is 12.9. The highest BCUT2D eigenvalue weighted by Gasteiger charge is 2.25. The van der Waals surface area contributed by atoms with Gasteiger partial charge in [-0.25, -0.2) is 9.78 Å². The van der Waals surface area contributed by atoms with Crippen LogP contribution in [0.4, 0.5) is 10.5 Å². The van der Waals surface area contributed by atoms with E-state index in [-0.39, 0.29) is 18.4 Å². The van der Waals surface area contributed by atoms with Crippen LogP contribution in [0.25, 0.3) is 20.8 Å². The Morgan fingerprint density at radius 3 is 2.44 bits per heavy atom. The zero-order chi connectivity index (χ0) is 24.1. The van der Waals surface area contributed by atoms with E-state index in [0.717, 1.165) is 26.4 Å². The number of carbonyl (C=O) groups is 2. The summed E-state index contributed by atoms with van der Waals surface area (Å²) >= 11 is 1.64. The van der Waals surface area contributed by atoms with Gasteiger partial charge in [-0.15, -0.1) is 11.3 Å². The number of amides is 2. The number of fused-ring (bicyclic) bond motifs is 1. The molecule has 0 radical (unpaired) electrons. The van der Waals surface area contributed by atoms with Crippen molar-refractivity contribution in [3.8, 4) is 10.6 Å². The second-order valence-electron chi connectivity index (χ2n) is 8.48. The quantitative estimate of drug-likeness (QED) is 0.337. The molecule has 1 atom stereocenters. The molecule has 0 aliphatic rings. The Balaban J connectivity index is 1.38. The molecule has 3 aromatic carbocycles. The standard InChI is InChI=1S/C27H27N3O3S/c1-17(2)24(30-27(32)33-16-19-7-5-4-6-8-19)25(31)28-21-12-10-20(11-13-21)26-29-22-14-9-18(3)15-23(22)34-26/h4-15,17,24H,16H2,1-3H3,(H,28,31)(H,30,32)/t24-/m1/s1. The Morgan fingerprint density at radius 2 is 1.74 bits per heavy atom. The summed E-state index contributed by atoms with van der Waals surface area (Å²) in [5.74, 6) is -0.412. The minimum atomic E-state index is -0.726. The van der Waals surface area contributed by atoms with E-state index in [4.69, 9.17) is 9.72 Å². The summed E-state index contributed by atoms with van der Waals surface area (Å²) in [6, 6.07) is 22.5. The second-order valence-corrected chi connectivity index (χ2v) is 9.52. The van der Waals surface area contributed by atoms with Crippen LogP contribution in [0.3, 0.4) is 0 Å². The molecular formula is C27H27N3O3S. The number of rotatable bonds is 7. The van der Waals surface area contributed by atoms with Crippen LogP contribution in [0.1, 0.15) is 25.0 Å². The molecule has 7 heteroatoms. The predicted octanol–water partition coefficient (Wildman–Crippen LogP) is 6.16. The third-order valence-electron chi connectivity index (χ3n) is 5.38. The van der Waals surface area contributed by atoms with Gasteiger partial charge in [-0.3, -0.25) is 4.79 Å². The molecule has 4 rings (SSSR count). The number of anilines is 1. The first-order valence-corrected chi connectivity index (χ1v) is 12.0. The first kappa shape index (κ1) is 23.4. The van der Waals surface area contributed by atoms with Gasteiger partial charge in [0.25, 0.3) is 0 Å². The lowest BCUT2D eigenvalue weighted by Crippen LogP contribution is -2.47. The van der Waals surface area contributed by atoms with E-state index < -0.39 is 12.1 Å². The Labute approximate surface area is 203 Å². The molecule has 4 aromatic rings. The van der Waals surface area contributed by atoms with Crippen molar-refractivity contribution in [1.29, 1.82) is 0 Å². The van der Waals surface area contributed by atoms with Gasteiger partial charge in [-0.05, 0) is 60.4 Å². The minimum Gasteiger partial charge on any atom is -0.445 e. The number of benzene rings is 3. The molecular weight excluding hydrogens is 446 g/mol. The molecule has 0 aliphatic heterocycles. The van der Waals surface area contributed by atoms with Crippen LogP contribution in [0, 0.1) is 12.8 Å². The number of hydrogen-bond donors (Lipinski definition) is 2. The summed E-state index contributed by atoms with van der Waals surface area (Å²) in [5, 5.41) is 6.50. The van der Waals surface area contributed by atoms with Gasteiger partial charge in [0.1, 0.15) is 17.7 Å².